The Labute approximate surface area is 86.8 Å². The van der Waals surface area contributed by atoms with Crippen molar-refractivity contribution in [1.29, 1.82) is 0 Å². The predicted molar refractivity (Wildman–Crippen MR) is 58.2 cm³/mol. The summed E-state index contributed by atoms with van der Waals surface area (Å²) in [4.78, 5) is 4.01. The Morgan fingerprint density at radius 1 is 1.38 bits per heavy atom. The van der Waals surface area contributed by atoms with Crippen LogP contribution >= 0.6 is 15.9 Å². The molecule has 0 N–H and O–H groups in total. The quantitative estimate of drug-likeness (QED) is 0.577. The van der Waals surface area contributed by atoms with Gasteiger partial charge in [0.05, 0.1) is 7.11 Å². The largest absolute Gasteiger partial charge is 0.484 e. The number of benzene rings is 1. The van der Waals surface area contributed by atoms with Crippen molar-refractivity contribution in [3.8, 4) is 0 Å². The minimum Gasteiger partial charge on any atom is -0.484 e. The third-order valence-corrected chi connectivity index (χ3v) is 2.28. The van der Waals surface area contributed by atoms with Crippen LogP contribution in [0.5, 0.6) is 0 Å². The normalized spacial score (nSPS) is 11.5. The van der Waals surface area contributed by atoms with Gasteiger partial charge in [0.15, 0.2) is 5.90 Å². The molecule has 0 amide bonds. The first kappa shape index (κ1) is 10.3. The second-order valence-corrected chi connectivity index (χ2v) is 3.54. The average molecular weight is 242 g/mol. The van der Waals surface area contributed by atoms with E-state index in [0.717, 1.165) is 16.8 Å². The molecule has 0 saturated heterocycles. The molecule has 70 valence electrons. The molecule has 1 rings (SSSR count). The fourth-order valence-electron chi connectivity index (χ4n) is 1.02. The third-order valence-electron chi connectivity index (χ3n) is 1.75. The lowest BCUT2D eigenvalue weighted by Crippen LogP contribution is -2.04. The van der Waals surface area contributed by atoms with E-state index in [4.69, 9.17) is 4.74 Å². The molecule has 0 bridgehead atoms. The van der Waals surface area contributed by atoms with Gasteiger partial charge in [-0.1, -0.05) is 28.1 Å². The summed E-state index contributed by atoms with van der Waals surface area (Å²) in [6, 6.07) is 8.12. The van der Waals surface area contributed by atoms with Gasteiger partial charge in [-0.05, 0) is 17.7 Å². The summed E-state index contributed by atoms with van der Waals surface area (Å²) in [7, 11) is 3.37. The van der Waals surface area contributed by atoms with Crippen molar-refractivity contribution >= 4 is 21.8 Å². The van der Waals surface area contributed by atoms with Gasteiger partial charge in [-0.25, -0.2) is 0 Å². The molecule has 0 saturated carbocycles. The SMILES string of the molecule is CN=C(Cc1ccc(Br)cc1)OC. The number of aliphatic imine (C=N–C) groups is 1. The van der Waals surface area contributed by atoms with Crippen molar-refractivity contribution < 1.29 is 4.74 Å². The molecule has 0 aliphatic heterocycles. The van der Waals surface area contributed by atoms with Crippen molar-refractivity contribution in [2.75, 3.05) is 14.2 Å². The molecule has 0 aliphatic rings. The summed E-state index contributed by atoms with van der Waals surface area (Å²) in [5.74, 6) is 0.752. The Balaban J connectivity index is 2.69. The van der Waals surface area contributed by atoms with Gasteiger partial charge in [0.25, 0.3) is 0 Å². The molecule has 0 radical (unpaired) electrons. The highest BCUT2D eigenvalue weighted by atomic mass is 79.9. The molecular weight excluding hydrogens is 230 g/mol. The van der Waals surface area contributed by atoms with E-state index < -0.39 is 0 Å². The lowest BCUT2D eigenvalue weighted by atomic mass is 10.1. The highest BCUT2D eigenvalue weighted by molar-refractivity contribution is 9.10. The van der Waals surface area contributed by atoms with E-state index in [0.29, 0.717) is 0 Å². The monoisotopic (exact) mass is 241 g/mol. The van der Waals surface area contributed by atoms with Crippen LogP contribution in [0.15, 0.2) is 33.7 Å². The van der Waals surface area contributed by atoms with Crippen LogP contribution in [0.3, 0.4) is 0 Å². The Morgan fingerprint density at radius 2 is 2.00 bits per heavy atom. The maximum atomic E-state index is 5.07. The molecule has 0 atom stereocenters. The van der Waals surface area contributed by atoms with Crippen LogP contribution < -0.4 is 0 Å². The number of ether oxygens (including phenoxy) is 1. The standard InChI is InChI=1S/C10H12BrNO/c1-12-10(13-2)7-8-3-5-9(11)6-4-8/h3-6H,7H2,1-2H3. The van der Waals surface area contributed by atoms with Crippen molar-refractivity contribution in [3.63, 3.8) is 0 Å². The van der Waals surface area contributed by atoms with Crippen LogP contribution in [0.25, 0.3) is 0 Å². The molecule has 0 heterocycles. The minimum atomic E-state index is 0.750. The lowest BCUT2D eigenvalue weighted by Gasteiger charge is -2.03. The Morgan fingerprint density at radius 3 is 2.46 bits per heavy atom. The first-order valence-electron chi connectivity index (χ1n) is 4.00. The van der Waals surface area contributed by atoms with Gasteiger partial charge in [-0.2, -0.15) is 0 Å². The number of methoxy groups -OCH3 is 1. The summed E-state index contributed by atoms with van der Waals surface area (Å²) in [6.07, 6.45) is 0.750. The first-order valence-corrected chi connectivity index (χ1v) is 4.79. The van der Waals surface area contributed by atoms with Gasteiger partial charge >= 0.3 is 0 Å². The zero-order chi connectivity index (χ0) is 9.68. The predicted octanol–water partition coefficient (Wildman–Crippen LogP) is 2.67. The van der Waals surface area contributed by atoms with Crippen LogP contribution in [-0.4, -0.2) is 20.1 Å². The Kier molecular flexibility index (Phi) is 3.96. The van der Waals surface area contributed by atoms with E-state index in [9.17, 15) is 0 Å². The Bertz CT molecular complexity index is 292. The van der Waals surface area contributed by atoms with Crippen LogP contribution in [0, 0.1) is 0 Å². The highest BCUT2D eigenvalue weighted by Crippen LogP contribution is 2.11. The number of nitrogens with zero attached hydrogens (tertiary/aromatic N) is 1. The van der Waals surface area contributed by atoms with Gasteiger partial charge in [0.1, 0.15) is 0 Å². The molecule has 0 unspecified atom stereocenters. The maximum Gasteiger partial charge on any atom is 0.187 e. The van der Waals surface area contributed by atoms with Crippen LogP contribution in [0.4, 0.5) is 0 Å². The van der Waals surface area contributed by atoms with Gasteiger partial charge in [-0.15, -0.1) is 0 Å². The van der Waals surface area contributed by atoms with Crippen LogP contribution in [0.2, 0.25) is 0 Å². The lowest BCUT2D eigenvalue weighted by molar-refractivity contribution is 0.393. The zero-order valence-corrected chi connectivity index (χ0v) is 9.34. The van der Waals surface area contributed by atoms with Crippen LogP contribution in [-0.2, 0) is 11.2 Å². The van der Waals surface area contributed by atoms with Crippen molar-refractivity contribution in [2.45, 2.75) is 6.42 Å². The number of rotatable bonds is 2. The topological polar surface area (TPSA) is 21.6 Å². The molecule has 2 nitrogen and oxygen atoms in total. The molecule has 0 aromatic heterocycles. The van der Waals surface area contributed by atoms with Crippen molar-refractivity contribution in [1.82, 2.24) is 0 Å². The van der Waals surface area contributed by atoms with E-state index in [1.165, 1.54) is 5.56 Å². The highest BCUT2D eigenvalue weighted by Gasteiger charge is 1.99. The minimum absolute atomic E-state index is 0.750. The van der Waals surface area contributed by atoms with Crippen molar-refractivity contribution in [3.05, 3.63) is 34.3 Å². The second kappa shape index (κ2) is 5.02. The number of halogens is 1. The average Bonchev–Trinajstić information content (AvgIpc) is 2.17. The van der Waals surface area contributed by atoms with Gasteiger partial charge in [0.2, 0.25) is 0 Å². The summed E-state index contributed by atoms with van der Waals surface area (Å²) < 4.78 is 6.16. The summed E-state index contributed by atoms with van der Waals surface area (Å²) >= 11 is 3.38. The van der Waals surface area contributed by atoms with Gasteiger partial charge in [0, 0.05) is 17.9 Å². The summed E-state index contributed by atoms with van der Waals surface area (Å²) in [6.45, 7) is 0. The zero-order valence-electron chi connectivity index (χ0n) is 7.75. The van der Waals surface area contributed by atoms with Crippen LogP contribution in [0.1, 0.15) is 5.56 Å². The maximum absolute atomic E-state index is 5.07. The molecule has 0 fully saturated rings. The van der Waals surface area contributed by atoms with Crippen molar-refractivity contribution in [2.24, 2.45) is 4.99 Å². The second-order valence-electron chi connectivity index (χ2n) is 2.62. The van der Waals surface area contributed by atoms with E-state index in [1.807, 2.05) is 24.3 Å². The number of hydrogen-bond donors (Lipinski definition) is 0. The molecule has 0 aliphatic carbocycles. The van der Waals surface area contributed by atoms with Gasteiger partial charge in [-0.3, -0.25) is 4.99 Å². The molecule has 1 aromatic carbocycles. The summed E-state index contributed by atoms with van der Waals surface area (Å²) in [5, 5.41) is 0. The molecule has 0 spiro atoms. The smallest absolute Gasteiger partial charge is 0.187 e. The third kappa shape index (κ3) is 3.19. The molecular formula is C10H12BrNO. The van der Waals surface area contributed by atoms with E-state index in [-0.39, 0.29) is 0 Å². The first-order chi connectivity index (χ1) is 6.26. The Hall–Kier alpha value is -0.830. The molecule has 3 heteroatoms. The van der Waals surface area contributed by atoms with Gasteiger partial charge < -0.3 is 4.74 Å². The van der Waals surface area contributed by atoms with E-state index >= 15 is 0 Å². The van der Waals surface area contributed by atoms with E-state index in [2.05, 4.69) is 20.9 Å². The van der Waals surface area contributed by atoms with E-state index in [1.54, 1.807) is 14.2 Å². The summed E-state index contributed by atoms with van der Waals surface area (Å²) in [5.41, 5.74) is 1.20. The number of hydrogen-bond acceptors (Lipinski definition) is 2. The fourth-order valence-corrected chi connectivity index (χ4v) is 1.28. The fraction of sp³-hybridized carbons (Fsp3) is 0.300. The molecule has 1 aromatic rings. The molecule has 13 heavy (non-hydrogen) atoms.